The van der Waals surface area contributed by atoms with E-state index in [1.807, 2.05) is 13.8 Å². The van der Waals surface area contributed by atoms with E-state index >= 15 is 0 Å². The first kappa shape index (κ1) is 10.9. The van der Waals surface area contributed by atoms with E-state index in [-0.39, 0.29) is 11.7 Å². The predicted molar refractivity (Wildman–Crippen MR) is 62.3 cm³/mol. The summed E-state index contributed by atoms with van der Waals surface area (Å²) in [6.45, 7) is 3.81. The molecule has 0 saturated carbocycles. The molecule has 84 valence electrons. The highest BCUT2D eigenvalue weighted by molar-refractivity contribution is 7.20. The van der Waals surface area contributed by atoms with Crippen molar-refractivity contribution in [2.45, 2.75) is 20.0 Å². The fourth-order valence-corrected chi connectivity index (χ4v) is 2.39. The van der Waals surface area contributed by atoms with Crippen LogP contribution in [0.1, 0.15) is 24.2 Å². The monoisotopic (exact) mass is 237 g/mol. The van der Waals surface area contributed by atoms with Gasteiger partial charge >= 0.3 is 5.97 Å². The minimum Gasteiger partial charge on any atom is -0.478 e. The van der Waals surface area contributed by atoms with Crippen molar-refractivity contribution in [3.05, 3.63) is 23.8 Å². The second-order valence-corrected chi connectivity index (χ2v) is 4.57. The molecule has 5 heteroatoms. The van der Waals surface area contributed by atoms with Gasteiger partial charge in [0.15, 0.2) is 0 Å². The third-order valence-electron chi connectivity index (χ3n) is 1.96. The van der Waals surface area contributed by atoms with Gasteiger partial charge in [-0.2, -0.15) is 0 Å². The number of hydrogen-bond donors (Lipinski definition) is 1. The first-order valence-electron chi connectivity index (χ1n) is 4.87. The Morgan fingerprint density at radius 1 is 1.50 bits per heavy atom. The van der Waals surface area contributed by atoms with E-state index < -0.39 is 5.97 Å². The highest BCUT2D eigenvalue weighted by atomic mass is 32.1. The second-order valence-electron chi connectivity index (χ2n) is 3.61. The van der Waals surface area contributed by atoms with Gasteiger partial charge in [-0.3, -0.25) is 0 Å². The maximum atomic E-state index is 11.0. The molecular formula is C11H11NO3S. The highest BCUT2D eigenvalue weighted by Crippen LogP contribution is 2.31. The normalized spacial score (nSPS) is 10.9. The minimum atomic E-state index is -0.939. The summed E-state index contributed by atoms with van der Waals surface area (Å²) >= 11 is 1.27. The number of carboxylic acids is 1. The van der Waals surface area contributed by atoms with Crippen LogP contribution < -0.4 is 4.74 Å². The Morgan fingerprint density at radius 3 is 2.88 bits per heavy atom. The first-order valence-corrected chi connectivity index (χ1v) is 5.69. The zero-order valence-corrected chi connectivity index (χ0v) is 9.75. The van der Waals surface area contributed by atoms with E-state index in [4.69, 9.17) is 9.84 Å². The summed E-state index contributed by atoms with van der Waals surface area (Å²) in [7, 11) is 0. The van der Waals surface area contributed by atoms with Gasteiger partial charge in [0, 0.05) is 0 Å². The third-order valence-corrected chi connectivity index (χ3v) is 2.96. The molecule has 0 aliphatic carbocycles. The van der Waals surface area contributed by atoms with Crippen LogP contribution in [0.3, 0.4) is 0 Å². The number of ether oxygens (including phenoxy) is 1. The third kappa shape index (κ3) is 1.99. The molecule has 0 unspecified atom stereocenters. The maximum absolute atomic E-state index is 11.0. The quantitative estimate of drug-likeness (QED) is 0.891. The Morgan fingerprint density at radius 2 is 2.25 bits per heavy atom. The van der Waals surface area contributed by atoms with Gasteiger partial charge in [-0.25, -0.2) is 9.78 Å². The van der Waals surface area contributed by atoms with Crippen molar-refractivity contribution in [3.8, 4) is 5.19 Å². The van der Waals surface area contributed by atoms with E-state index in [9.17, 15) is 4.79 Å². The molecule has 0 fully saturated rings. The number of aromatic carboxylic acids is 1. The van der Waals surface area contributed by atoms with E-state index in [0.29, 0.717) is 15.4 Å². The van der Waals surface area contributed by atoms with E-state index in [1.165, 1.54) is 11.3 Å². The molecule has 16 heavy (non-hydrogen) atoms. The van der Waals surface area contributed by atoms with Gasteiger partial charge in [0.05, 0.1) is 21.9 Å². The van der Waals surface area contributed by atoms with Crippen molar-refractivity contribution in [3.63, 3.8) is 0 Å². The van der Waals surface area contributed by atoms with Gasteiger partial charge in [-0.15, -0.1) is 0 Å². The molecule has 4 nitrogen and oxygen atoms in total. The molecule has 1 heterocycles. The molecule has 0 bridgehead atoms. The Kier molecular flexibility index (Phi) is 2.78. The van der Waals surface area contributed by atoms with Gasteiger partial charge in [0.2, 0.25) is 0 Å². The summed E-state index contributed by atoms with van der Waals surface area (Å²) in [6.07, 6.45) is 0.0360. The number of rotatable bonds is 3. The topological polar surface area (TPSA) is 59.4 Å². The molecule has 0 amide bonds. The standard InChI is InChI=1S/C11H11NO3S/c1-6(2)15-11-12-8-5-3-4-7(10(13)14)9(8)16-11/h3-6H,1-2H3,(H,13,14). The van der Waals surface area contributed by atoms with Crippen LogP contribution in [0.15, 0.2) is 18.2 Å². The zero-order valence-electron chi connectivity index (χ0n) is 8.93. The van der Waals surface area contributed by atoms with Gasteiger partial charge in [0.1, 0.15) is 0 Å². The molecule has 0 saturated heterocycles. The number of carboxylic acid groups (broad SMARTS) is 1. The van der Waals surface area contributed by atoms with Crippen molar-refractivity contribution >= 4 is 27.5 Å². The van der Waals surface area contributed by atoms with Crippen LogP contribution in [0, 0.1) is 0 Å². The molecule has 1 aromatic heterocycles. The Bertz CT molecular complexity index is 533. The Labute approximate surface area is 96.5 Å². The molecule has 0 radical (unpaired) electrons. The number of aromatic nitrogens is 1. The van der Waals surface area contributed by atoms with Crippen molar-refractivity contribution < 1.29 is 14.6 Å². The van der Waals surface area contributed by atoms with Gasteiger partial charge < -0.3 is 9.84 Å². The van der Waals surface area contributed by atoms with Crippen LogP contribution in [0.2, 0.25) is 0 Å². The lowest BCUT2D eigenvalue weighted by Gasteiger charge is -2.03. The summed E-state index contributed by atoms with van der Waals surface area (Å²) in [6, 6.07) is 5.04. The average Bonchev–Trinajstić information content (AvgIpc) is 2.57. The highest BCUT2D eigenvalue weighted by Gasteiger charge is 2.13. The number of nitrogens with zero attached hydrogens (tertiary/aromatic N) is 1. The predicted octanol–water partition coefficient (Wildman–Crippen LogP) is 2.78. The second kappa shape index (κ2) is 4.09. The lowest BCUT2D eigenvalue weighted by Crippen LogP contribution is -2.04. The van der Waals surface area contributed by atoms with Gasteiger partial charge in [0.25, 0.3) is 5.19 Å². The molecule has 0 spiro atoms. The number of benzene rings is 1. The number of hydrogen-bond acceptors (Lipinski definition) is 4. The number of fused-ring (bicyclic) bond motifs is 1. The van der Waals surface area contributed by atoms with Gasteiger partial charge in [-0.05, 0) is 26.0 Å². The van der Waals surface area contributed by atoms with Crippen LogP contribution >= 0.6 is 11.3 Å². The summed E-state index contributed by atoms with van der Waals surface area (Å²) in [5, 5.41) is 9.52. The van der Waals surface area contributed by atoms with Crippen LogP contribution in [-0.2, 0) is 0 Å². The summed E-state index contributed by atoms with van der Waals surface area (Å²) in [4.78, 5) is 15.2. The Balaban J connectivity index is 2.52. The molecule has 2 rings (SSSR count). The SMILES string of the molecule is CC(C)Oc1nc2cccc(C(=O)O)c2s1. The summed E-state index contributed by atoms with van der Waals surface area (Å²) in [5.74, 6) is -0.939. The first-order chi connectivity index (χ1) is 7.58. The van der Waals surface area contributed by atoms with E-state index in [2.05, 4.69) is 4.98 Å². The van der Waals surface area contributed by atoms with Crippen molar-refractivity contribution in [2.75, 3.05) is 0 Å². The molecule has 1 N–H and O–H groups in total. The van der Waals surface area contributed by atoms with Gasteiger partial charge in [-0.1, -0.05) is 17.4 Å². The number of carbonyl (C=O) groups is 1. The zero-order chi connectivity index (χ0) is 11.7. The molecule has 0 aliphatic heterocycles. The molecular weight excluding hydrogens is 226 g/mol. The Hall–Kier alpha value is -1.62. The molecule has 0 atom stereocenters. The van der Waals surface area contributed by atoms with Crippen LogP contribution in [0.5, 0.6) is 5.19 Å². The summed E-state index contributed by atoms with van der Waals surface area (Å²) in [5.41, 5.74) is 0.939. The fraction of sp³-hybridized carbons (Fsp3) is 0.273. The largest absolute Gasteiger partial charge is 0.478 e. The van der Waals surface area contributed by atoms with E-state index in [0.717, 1.165) is 0 Å². The van der Waals surface area contributed by atoms with Crippen molar-refractivity contribution in [1.29, 1.82) is 0 Å². The average molecular weight is 237 g/mol. The van der Waals surface area contributed by atoms with E-state index in [1.54, 1.807) is 18.2 Å². The molecule has 2 aromatic rings. The minimum absolute atomic E-state index is 0.0360. The van der Waals surface area contributed by atoms with Crippen molar-refractivity contribution in [2.24, 2.45) is 0 Å². The lowest BCUT2D eigenvalue weighted by atomic mass is 10.2. The van der Waals surface area contributed by atoms with Crippen molar-refractivity contribution in [1.82, 2.24) is 4.98 Å². The molecule has 0 aliphatic rings. The number of thiazole rings is 1. The molecule has 1 aromatic carbocycles. The fourth-order valence-electron chi connectivity index (χ4n) is 1.35. The maximum Gasteiger partial charge on any atom is 0.337 e. The van der Waals surface area contributed by atoms with Crippen LogP contribution in [0.4, 0.5) is 0 Å². The lowest BCUT2D eigenvalue weighted by molar-refractivity contribution is 0.0699. The summed E-state index contributed by atoms with van der Waals surface area (Å²) < 4.78 is 6.11. The van der Waals surface area contributed by atoms with Crippen LogP contribution in [0.25, 0.3) is 10.2 Å². The smallest absolute Gasteiger partial charge is 0.337 e. The van der Waals surface area contributed by atoms with Crippen LogP contribution in [-0.4, -0.2) is 22.2 Å².